The van der Waals surface area contributed by atoms with Crippen molar-refractivity contribution in [3.8, 4) is 0 Å². The molecule has 14 heavy (non-hydrogen) atoms. The maximum atomic E-state index is 3.53. The minimum absolute atomic E-state index is 0.767. The fraction of sp³-hybridized carbons (Fsp3) is 0.833. The first kappa shape index (κ1) is 11.7. The van der Waals surface area contributed by atoms with Crippen LogP contribution in [0.3, 0.4) is 0 Å². The van der Waals surface area contributed by atoms with Crippen LogP contribution in [-0.2, 0) is 0 Å². The average molecular weight is 196 g/mol. The van der Waals surface area contributed by atoms with Crippen molar-refractivity contribution in [3.63, 3.8) is 0 Å². The van der Waals surface area contributed by atoms with E-state index in [1.165, 1.54) is 31.5 Å². The molecule has 2 heteroatoms. The molecule has 1 saturated heterocycles. The van der Waals surface area contributed by atoms with E-state index in [9.17, 15) is 0 Å². The second kappa shape index (κ2) is 6.20. The molecule has 0 radical (unpaired) electrons. The Morgan fingerprint density at radius 1 is 1.36 bits per heavy atom. The van der Waals surface area contributed by atoms with Crippen molar-refractivity contribution in [2.24, 2.45) is 0 Å². The zero-order valence-electron chi connectivity index (χ0n) is 9.84. The number of hydrogen-bond acceptors (Lipinski definition) is 2. The second-order valence-electron chi connectivity index (χ2n) is 4.41. The summed E-state index contributed by atoms with van der Waals surface area (Å²) in [5.74, 6) is 0. The van der Waals surface area contributed by atoms with E-state index in [1.807, 2.05) is 0 Å². The maximum Gasteiger partial charge on any atom is 0.0165 e. The number of rotatable bonds is 4. The summed E-state index contributed by atoms with van der Waals surface area (Å²) in [5.41, 5.74) is 1.43. The summed E-state index contributed by atoms with van der Waals surface area (Å²) >= 11 is 0. The van der Waals surface area contributed by atoms with Gasteiger partial charge < -0.3 is 5.32 Å². The highest BCUT2D eigenvalue weighted by molar-refractivity contribution is 4.95. The first-order valence-corrected chi connectivity index (χ1v) is 5.81. The van der Waals surface area contributed by atoms with Gasteiger partial charge in [-0.1, -0.05) is 18.6 Å². The Labute approximate surface area is 88.4 Å². The molecule has 0 unspecified atom stereocenters. The van der Waals surface area contributed by atoms with Gasteiger partial charge in [-0.05, 0) is 46.3 Å². The molecule has 1 aliphatic rings. The number of likely N-dealkylation sites (tertiary alicyclic amines) is 1. The van der Waals surface area contributed by atoms with Crippen molar-refractivity contribution < 1.29 is 0 Å². The van der Waals surface area contributed by atoms with Gasteiger partial charge in [-0.3, -0.25) is 4.90 Å². The quantitative estimate of drug-likeness (QED) is 0.692. The van der Waals surface area contributed by atoms with Crippen molar-refractivity contribution >= 4 is 0 Å². The van der Waals surface area contributed by atoms with Gasteiger partial charge in [-0.2, -0.15) is 0 Å². The maximum absolute atomic E-state index is 3.53. The molecule has 0 aromatic rings. The van der Waals surface area contributed by atoms with Crippen LogP contribution in [0.25, 0.3) is 0 Å². The van der Waals surface area contributed by atoms with E-state index < -0.39 is 0 Å². The summed E-state index contributed by atoms with van der Waals surface area (Å²) < 4.78 is 0. The van der Waals surface area contributed by atoms with Crippen molar-refractivity contribution in [2.45, 2.75) is 39.7 Å². The van der Waals surface area contributed by atoms with Gasteiger partial charge in [-0.15, -0.1) is 0 Å². The van der Waals surface area contributed by atoms with Gasteiger partial charge in [0.2, 0.25) is 0 Å². The summed E-state index contributed by atoms with van der Waals surface area (Å²) in [7, 11) is 0. The zero-order valence-corrected chi connectivity index (χ0v) is 9.84. The Morgan fingerprint density at radius 3 is 2.50 bits per heavy atom. The molecule has 0 saturated carbocycles. The number of piperidine rings is 1. The minimum atomic E-state index is 0.767. The third-order valence-electron chi connectivity index (χ3n) is 2.84. The van der Waals surface area contributed by atoms with Gasteiger partial charge in [0.1, 0.15) is 0 Å². The molecule has 1 fully saturated rings. The molecule has 0 bridgehead atoms. The van der Waals surface area contributed by atoms with Crippen LogP contribution in [0.2, 0.25) is 0 Å². The van der Waals surface area contributed by atoms with Gasteiger partial charge in [-0.25, -0.2) is 0 Å². The van der Waals surface area contributed by atoms with Gasteiger partial charge in [0.15, 0.2) is 0 Å². The van der Waals surface area contributed by atoms with E-state index in [4.69, 9.17) is 0 Å². The Bertz CT molecular complexity index is 175. The van der Waals surface area contributed by atoms with E-state index in [2.05, 4.69) is 37.1 Å². The normalized spacial score (nSPS) is 19.6. The molecule has 1 N–H and O–H groups in total. The van der Waals surface area contributed by atoms with Gasteiger partial charge >= 0.3 is 0 Å². The topological polar surface area (TPSA) is 15.3 Å². The monoisotopic (exact) mass is 196 g/mol. The van der Waals surface area contributed by atoms with Crippen molar-refractivity contribution in [1.29, 1.82) is 0 Å². The van der Waals surface area contributed by atoms with E-state index in [0.717, 1.165) is 19.1 Å². The van der Waals surface area contributed by atoms with E-state index >= 15 is 0 Å². The largest absolute Gasteiger partial charge is 0.314 e. The van der Waals surface area contributed by atoms with Crippen LogP contribution in [0.1, 0.15) is 33.6 Å². The van der Waals surface area contributed by atoms with Crippen molar-refractivity contribution in [3.05, 3.63) is 11.6 Å². The molecule has 0 aliphatic carbocycles. The molecule has 1 aliphatic heterocycles. The molecule has 82 valence electrons. The smallest absolute Gasteiger partial charge is 0.0165 e. The second-order valence-corrected chi connectivity index (χ2v) is 4.41. The van der Waals surface area contributed by atoms with Crippen LogP contribution in [0.4, 0.5) is 0 Å². The Kier molecular flexibility index (Phi) is 5.20. The average Bonchev–Trinajstić information content (AvgIpc) is 2.17. The van der Waals surface area contributed by atoms with Crippen LogP contribution in [0, 0.1) is 0 Å². The van der Waals surface area contributed by atoms with Crippen molar-refractivity contribution in [2.75, 3.05) is 26.2 Å². The van der Waals surface area contributed by atoms with E-state index in [1.54, 1.807) is 0 Å². The lowest BCUT2D eigenvalue weighted by Gasteiger charge is -2.31. The molecular weight excluding hydrogens is 172 g/mol. The molecule has 0 aromatic heterocycles. The van der Waals surface area contributed by atoms with Crippen LogP contribution in [-0.4, -0.2) is 37.1 Å². The summed E-state index contributed by atoms with van der Waals surface area (Å²) in [6.45, 7) is 11.3. The third kappa shape index (κ3) is 4.25. The minimum Gasteiger partial charge on any atom is -0.314 e. The van der Waals surface area contributed by atoms with E-state index in [-0.39, 0.29) is 0 Å². The molecular formula is C12H24N2. The predicted octanol–water partition coefficient (Wildman–Crippen LogP) is 2.03. The Hall–Kier alpha value is -0.340. The summed E-state index contributed by atoms with van der Waals surface area (Å²) in [4.78, 5) is 2.54. The van der Waals surface area contributed by atoms with E-state index in [0.29, 0.717) is 0 Å². The number of hydrogen-bond donors (Lipinski definition) is 1. The molecule has 0 atom stereocenters. The summed E-state index contributed by atoms with van der Waals surface area (Å²) in [6, 6.07) is 0.767. The molecule has 1 heterocycles. The lowest BCUT2D eigenvalue weighted by Crippen LogP contribution is -2.42. The Morgan fingerprint density at radius 2 is 2.00 bits per heavy atom. The molecule has 2 nitrogen and oxygen atoms in total. The summed E-state index contributed by atoms with van der Waals surface area (Å²) in [5, 5.41) is 3.53. The zero-order chi connectivity index (χ0) is 10.4. The Balaban J connectivity index is 2.19. The van der Waals surface area contributed by atoms with Crippen LogP contribution < -0.4 is 5.32 Å². The molecule has 0 aromatic carbocycles. The highest BCUT2D eigenvalue weighted by Gasteiger charge is 2.16. The highest BCUT2D eigenvalue weighted by Crippen LogP contribution is 2.10. The summed E-state index contributed by atoms with van der Waals surface area (Å²) in [6.07, 6.45) is 4.95. The fourth-order valence-corrected chi connectivity index (χ4v) is 1.92. The fourth-order valence-electron chi connectivity index (χ4n) is 1.92. The van der Waals surface area contributed by atoms with Gasteiger partial charge in [0.25, 0.3) is 0 Å². The first-order chi connectivity index (χ1) is 6.72. The molecule has 0 amide bonds. The highest BCUT2D eigenvalue weighted by atomic mass is 15.1. The SMILES string of the molecule is CCNC1CCN(CC=C(C)C)CC1. The number of allylic oxidation sites excluding steroid dienone is 1. The lowest BCUT2D eigenvalue weighted by molar-refractivity contribution is 0.216. The first-order valence-electron chi connectivity index (χ1n) is 5.81. The lowest BCUT2D eigenvalue weighted by atomic mass is 10.1. The van der Waals surface area contributed by atoms with Crippen molar-refractivity contribution in [1.82, 2.24) is 10.2 Å². The molecule has 1 rings (SSSR count). The van der Waals surface area contributed by atoms with Crippen LogP contribution in [0.5, 0.6) is 0 Å². The molecule has 0 spiro atoms. The van der Waals surface area contributed by atoms with Gasteiger partial charge in [0.05, 0.1) is 0 Å². The number of nitrogens with zero attached hydrogens (tertiary/aromatic N) is 1. The third-order valence-corrected chi connectivity index (χ3v) is 2.84. The van der Waals surface area contributed by atoms with Crippen LogP contribution in [0.15, 0.2) is 11.6 Å². The van der Waals surface area contributed by atoms with Crippen LogP contribution >= 0.6 is 0 Å². The standard InChI is InChI=1S/C12H24N2/c1-4-13-12-6-9-14(10-7-12)8-5-11(2)3/h5,12-13H,4,6-10H2,1-3H3. The predicted molar refractivity (Wildman–Crippen MR) is 62.6 cm³/mol. The number of nitrogens with one attached hydrogen (secondary N) is 1. The van der Waals surface area contributed by atoms with Gasteiger partial charge in [0, 0.05) is 12.6 Å².